The molecule has 0 aliphatic heterocycles. The highest BCUT2D eigenvalue weighted by Crippen LogP contribution is 2.49. The van der Waals surface area contributed by atoms with Gasteiger partial charge in [-0.3, -0.25) is 4.79 Å². The summed E-state index contributed by atoms with van der Waals surface area (Å²) >= 11 is 0. The Kier molecular flexibility index (Phi) is 1.88. The summed E-state index contributed by atoms with van der Waals surface area (Å²) < 4.78 is 0. The van der Waals surface area contributed by atoms with E-state index >= 15 is 0 Å². The molecule has 0 amide bonds. The van der Waals surface area contributed by atoms with Crippen LogP contribution < -0.4 is 0 Å². The fraction of sp³-hybridized carbons (Fsp3) is 0.727. The van der Waals surface area contributed by atoms with Crippen LogP contribution in [0.5, 0.6) is 0 Å². The third-order valence-electron chi connectivity index (χ3n) is 3.88. The highest BCUT2D eigenvalue weighted by molar-refractivity contribution is 6.02. The molecule has 2 aliphatic rings. The van der Waals surface area contributed by atoms with Gasteiger partial charge in [-0.2, -0.15) is 0 Å². The average molecular weight is 196 g/mol. The number of ketones is 1. The Morgan fingerprint density at radius 2 is 2.14 bits per heavy atom. The molecule has 14 heavy (non-hydrogen) atoms. The van der Waals surface area contributed by atoms with Gasteiger partial charge in [-0.1, -0.05) is 6.92 Å². The standard InChI is InChI=1S/C11H16O3/c1-7-4-3-5-10(13)9(12)6-8(2)11(7,10)14/h6-7,13-14H,3-5H2,1-2H3/t7-,10+,11+/m0/s1. The molecule has 3 heteroatoms. The molecule has 0 aromatic carbocycles. The van der Waals surface area contributed by atoms with Gasteiger partial charge < -0.3 is 10.2 Å². The molecule has 0 unspecified atom stereocenters. The summed E-state index contributed by atoms with van der Waals surface area (Å²) in [5.41, 5.74) is -2.26. The minimum Gasteiger partial charge on any atom is -0.382 e. The predicted octanol–water partition coefficient (Wildman–Crippen LogP) is 0.798. The maximum atomic E-state index is 11.6. The van der Waals surface area contributed by atoms with E-state index in [9.17, 15) is 15.0 Å². The van der Waals surface area contributed by atoms with Crippen LogP contribution in [0.1, 0.15) is 33.1 Å². The van der Waals surface area contributed by atoms with Crippen molar-refractivity contribution >= 4 is 5.78 Å². The lowest BCUT2D eigenvalue weighted by atomic mass is 9.65. The predicted molar refractivity (Wildman–Crippen MR) is 51.7 cm³/mol. The molecule has 0 spiro atoms. The Labute approximate surface area is 83.4 Å². The lowest BCUT2D eigenvalue weighted by Gasteiger charge is -2.46. The summed E-state index contributed by atoms with van der Waals surface area (Å²) in [5.74, 6) is -0.381. The van der Waals surface area contributed by atoms with E-state index in [1.54, 1.807) is 6.92 Å². The van der Waals surface area contributed by atoms with Gasteiger partial charge in [0, 0.05) is 0 Å². The van der Waals surface area contributed by atoms with E-state index < -0.39 is 11.2 Å². The molecule has 1 saturated carbocycles. The van der Waals surface area contributed by atoms with Crippen LogP contribution in [0, 0.1) is 5.92 Å². The number of carbonyl (C=O) groups excluding carboxylic acids is 1. The fourth-order valence-electron chi connectivity index (χ4n) is 2.92. The minimum absolute atomic E-state index is 0.0519. The van der Waals surface area contributed by atoms with Crippen molar-refractivity contribution in [2.45, 2.75) is 44.3 Å². The maximum Gasteiger partial charge on any atom is 0.190 e. The normalized spacial score (nSPS) is 47.6. The number of aliphatic hydroxyl groups is 2. The van der Waals surface area contributed by atoms with Gasteiger partial charge in [-0.25, -0.2) is 0 Å². The molecule has 0 heterocycles. The van der Waals surface area contributed by atoms with E-state index in [0.29, 0.717) is 12.0 Å². The quantitative estimate of drug-likeness (QED) is 0.602. The topological polar surface area (TPSA) is 57.5 Å². The van der Waals surface area contributed by atoms with E-state index in [2.05, 4.69) is 0 Å². The summed E-state index contributed by atoms with van der Waals surface area (Å²) in [6.45, 7) is 3.61. The third kappa shape index (κ3) is 0.868. The smallest absolute Gasteiger partial charge is 0.190 e. The summed E-state index contributed by atoms with van der Waals surface area (Å²) in [7, 11) is 0. The summed E-state index contributed by atoms with van der Waals surface area (Å²) in [6, 6.07) is 0. The van der Waals surface area contributed by atoms with Crippen molar-refractivity contribution in [1.29, 1.82) is 0 Å². The van der Waals surface area contributed by atoms with Gasteiger partial charge in [0.15, 0.2) is 11.4 Å². The number of hydrogen-bond donors (Lipinski definition) is 2. The van der Waals surface area contributed by atoms with Crippen molar-refractivity contribution in [3.05, 3.63) is 11.6 Å². The Hall–Kier alpha value is -0.670. The van der Waals surface area contributed by atoms with E-state index in [-0.39, 0.29) is 11.7 Å². The van der Waals surface area contributed by atoms with Gasteiger partial charge in [0.2, 0.25) is 0 Å². The second kappa shape index (κ2) is 2.67. The monoisotopic (exact) mass is 196 g/mol. The minimum atomic E-state index is -1.55. The van der Waals surface area contributed by atoms with Crippen LogP contribution in [0.4, 0.5) is 0 Å². The number of hydrogen-bond acceptors (Lipinski definition) is 3. The van der Waals surface area contributed by atoms with Crippen molar-refractivity contribution in [2.24, 2.45) is 5.92 Å². The van der Waals surface area contributed by atoms with Gasteiger partial charge in [-0.15, -0.1) is 0 Å². The van der Waals surface area contributed by atoms with Crippen LogP contribution in [-0.4, -0.2) is 27.2 Å². The molecular weight excluding hydrogens is 180 g/mol. The molecule has 0 aromatic heterocycles. The van der Waals surface area contributed by atoms with Gasteiger partial charge >= 0.3 is 0 Å². The van der Waals surface area contributed by atoms with E-state index in [1.165, 1.54) is 6.08 Å². The highest BCUT2D eigenvalue weighted by atomic mass is 16.4. The van der Waals surface area contributed by atoms with Crippen molar-refractivity contribution in [3.8, 4) is 0 Å². The molecule has 2 N–H and O–H groups in total. The summed E-state index contributed by atoms with van der Waals surface area (Å²) in [5, 5.41) is 20.7. The second-order valence-corrected chi connectivity index (χ2v) is 4.61. The van der Waals surface area contributed by atoms with E-state index in [1.807, 2.05) is 6.92 Å². The van der Waals surface area contributed by atoms with Crippen LogP contribution >= 0.6 is 0 Å². The third-order valence-corrected chi connectivity index (χ3v) is 3.88. The fourth-order valence-corrected chi connectivity index (χ4v) is 2.92. The van der Waals surface area contributed by atoms with Crippen LogP contribution in [-0.2, 0) is 4.79 Å². The molecular formula is C11H16O3. The van der Waals surface area contributed by atoms with Crippen LogP contribution in [0.15, 0.2) is 11.6 Å². The molecule has 78 valence electrons. The zero-order chi connectivity index (χ0) is 10.6. The Morgan fingerprint density at radius 1 is 1.50 bits per heavy atom. The first-order chi connectivity index (χ1) is 6.43. The zero-order valence-electron chi connectivity index (χ0n) is 8.58. The van der Waals surface area contributed by atoms with Gasteiger partial charge in [0.05, 0.1) is 0 Å². The molecule has 0 bridgehead atoms. The van der Waals surface area contributed by atoms with Gasteiger partial charge in [-0.05, 0) is 43.8 Å². The van der Waals surface area contributed by atoms with Crippen LogP contribution in [0.25, 0.3) is 0 Å². The first kappa shape index (κ1) is 9.87. The number of rotatable bonds is 0. The molecule has 0 aromatic rings. The molecule has 0 saturated heterocycles. The van der Waals surface area contributed by atoms with E-state index in [0.717, 1.165) is 12.8 Å². The number of fused-ring (bicyclic) bond motifs is 1. The second-order valence-electron chi connectivity index (χ2n) is 4.61. The largest absolute Gasteiger partial charge is 0.382 e. The highest BCUT2D eigenvalue weighted by Gasteiger charge is 2.62. The van der Waals surface area contributed by atoms with Crippen molar-refractivity contribution in [2.75, 3.05) is 0 Å². The Balaban J connectivity index is 2.52. The molecule has 1 fully saturated rings. The Morgan fingerprint density at radius 3 is 2.71 bits per heavy atom. The first-order valence-electron chi connectivity index (χ1n) is 5.11. The zero-order valence-corrected chi connectivity index (χ0v) is 8.58. The number of carbonyl (C=O) groups is 1. The van der Waals surface area contributed by atoms with Gasteiger partial charge in [0.1, 0.15) is 5.60 Å². The molecule has 2 aliphatic carbocycles. The molecule has 2 rings (SSSR count). The molecule has 0 radical (unpaired) electrons. The summed E-state index contributed by atoms with van der Waals surface area (Å²) in [6.07, 6.45) is 3.42. The van der Waals surface area contributed by atoms with Crippen molar-refractivity contribution in [3.63, 3.8) is 0 Å². The average Bonchev–Trinajstić information content (AvgIpc) is 2.29. The first-order valence-corrected chi connectivity index (χ1v) is 5.11. The van der Waals surface area contributed by atoms with Crippen molar-refractivity contribution in [1.82, 2.24) is 0 Å². The lowest BCUT2D eigenvalue weighted by molar-refractivity contribution is -0.177. The van der Waals surface area contributed by atoms with Gasteiger partial charge in [0.25, 0.3) is 0 Å². The maximum absolute atomic E-state index is 11.6. The van der Waals surface area contributed by atoms with Crippen molar-refractivity contribution < 1.29 is 15.0 Å². The lowest BCUT2D eigenvalue weighted by Crippen LogP contribution is -2.61. The SMILES string of the molecule is CC1=CC(=O)[C@]2(O)CCC[C@H](C)[C@@]12O. The Bertz CT molecular complexity index is 320. The molecule has 3 atom stereocenters. The van der Waals surface area contributed by atoms with Crippen LogP contribution in [0.3, 0.4) is 0 Å². The summed E-state index contributed by atoms with van der Waals surface area (Å²) in [4.78, 5) is 11.6. The molecule has 3 nitrogen and oxygen atoms in total. The van der Waals surface area contributed by atoms with E-state index in [4.69, 9.17) is 0 Å². The van der Waals surface area contributed by atoms with Crippen LogP contribution in [0.2, 0.25) is 0 Å².